The first-order valence-electron chi connectivity index (χ1n) is 6.12. The highest BCUT2D eigenvalue weighted by molar-refractivity contribution is 6.30. The maximum absolute atomic E-state index is 11.9. The van der Waals surface area contributed by atoms with Gasteiger partial charge in [-0.05, 0) is 18.9 Å². The topological polar surface area (TPSA) is 20.3 Å². The van der Waals surface area contributed by atoms with Crippen LogP contribution in [0.15, 0.2) is 30.3 Å². The summed E-state index contributed by atoms with van der Waals surface area (Å²) in [6.07, 6.45) is 2.09. The molecule has 0 heterocycles. The maximum Gasteiger partial charge on any atom is 0.240 e. The molecule has 0 aromatic heterocycles. The molecule has 3 heteroatoms. The molecule has 0 saturated heterocycles. The van der Waals surface area contributed by atoms with Gasteiger partial charge in [0.25, 0.3) is 0 Å². The fourth-order valence-electron chi connectivity index (χ4n) is 1.67. The number of halogens is 1. The van der Waals surface area contributed by atoms with Crippen molar-refractivity contribution in [1.29, 1.82) is 0 Å². The van der Waals surface area contributed by atoms with Crippen LogP contribution in [0.25, 0.3) is 0 Å². The fourth-order valence-corrected chi connectivity index (χ4v) is 1.81. The first kappa shape index (κ1) is 14.0. The molecule has 94 valence electrons. The van der Waals surface area contributed by atoms with Gasteiger partial charge in [-0.1, -0.05) is 43.7 Å². The summed E-state index contributed by atoms with van der Waals surface area (Å²) in [4.78, 5) is 13.8. The number of rotatable bonds is 6. The molecule has 0 fully saturated rings. The Morgan fingerprint density at radius 3 is 2.53 bits per heavy atom. The summed E-state index contributed by atoms with van der Waals surface area (Å²) < 4.78 is 0. The van der Waals surface area contributed by atoms with Gasteiger partial charge in [0.05, 0.1) is 0 Å². The summed E-state index contributed by atoms with van der Waals surface area (Å²) in [6, 6.07) is 10.0. The Balaban J connectivity index is 2.66. The van der Waals surface area contributed by atoms with Crippen molar-refractivity contribution in [3.63, 3.8) is 0 Å². The van der Waals surface area contributed by atoms with Crippen molar-refractivity contribution < 1.29 is 4.79 Å². The van der Waals surface area contributed by atoms with Crippen LogP contribution in [0.5, 0.6) is 0 Å². The van der Waals surface area contributed by atoms with E-state index in [9.17, 15) is 4.79 Å². The van der Waals surface area contributed by atoms with Crippen LogP contribution < -0.4 is 0 Å². The SMILES string of the molecule is CCCCN(Cc1ccccc1)C(=O)C(C)Cl. The molecule has 2 nitrogen and oxygen atoms in total. The van der Waals surface area contributed by atoms with Gasteiger partial charge in [-0.3, -0.25) is 4.79 Å². The molecule has 0 radical (unpaired) electrons. The third-order valence-corrected chi connectivity index (χ3v) is 2.84. The monoisotopic (exact) mass is 253 g/mol. The van der Waals surface area contributed by atoms with E-state index >= 15 is 0 Å². The zero-order valence-corrected chi connectivity index (χ0v) is 11.3. The minimum absolute atomic E-state index is 0.0176. The van der Waals surface area contributed by atoms with Gasteiger partial charge >= 0.3 is 0 Å². The van der Waals surface area contributed by atoms with Crippen LogP contribution in [0.2, 0.25) is 0 Å². The second kappa shape index (κ2) is 7.33. The van der Waals surface area contributed by atoms with Gasteiger partial charge in [0.15, 0.2) is 0 Å². The highest BCUT2D eigenvalue weighted by Gasteiger charge is 2.17. The molecular formula is C14H20ClNO. The summed E-state index contributed by atoms with van der Waals surface area (Å²) in [5.74, 6) is 0.0176. The van der Waals surface area contributed by atoms with E-state index in [0.717, 1.165) is 24.9 Å². The van der Waals surface area contributed by atoms with Gasteiger partial charge in [0, 0.05) is 13.1 Å². The number of amides is 1. The molecule has 0 saturated carbocycles. The number of benzene rings is 1. The third-order valence-electron chi connectivity index (χ3n) is 2.65. The van der Waals surface area contributed by atoms with Crippen LogP contribution in [0.3, 0.4) is 0 Å². The van der Waals surface area contributed by atoms with E-state index in [2.05, 4.69) is 6.92 Å². The highest BCUT2D eigenvalue weighted by atomic mass is 35.5. The number of nitrogens with zero attached hydrogens (tertiary/aromatic N) is 1. The number of carbonyl (C=O) groups is 1. The zero-order chi connectivity index (χ0) is 12.7. The van der Waals surface area contributed by atoms with Gasteiger partial charge in [-0.25, -0.2) is 0 Å². The van der Waals surface area contributed by atoms with Gasteiger partial charge in [-0.15, -0.1) is 11.6 Å². The molecular weight excluding hydrogens is 234 g/mol. The zero-order valence-electron chi connectivity index (χ0n) is 10.5. The van der Waals surface area contributed by atoms with Gasteiger partial charge < -0.3 is 4.90 Å². The van der Waals surface area contributed by atoms with Crippen molar-refractivity contribution >= 4 is 17.5 Å². The summed E-state index contributed by atoms with van der Waals surface area (Å²) >= 11 is 5.88. The van der Waals surface area contributed by atoms with Crippen LogP contribution in [0.1, 0.15) is 32.3 Å². The summed E-state index contributed by atoms with van der Waals surface area (Å²) in [6.45, 7) is 5.28. The van der Waals surface area contributed by atoms with E-state index in [1.54, 1.807) is 6.92 Å². The van der Waals surface area contributed by atoms with Crippen molar-refractivity contribution in [2.24, 2.45) is 0 Å². The lowest BCUT2D eigenvalue weighted by Gasteiger charge is -2.23. The quantitative estimate of drug-likeness (QED) is 0.712. The molecule has 1 rings (SSSR count). The fraction of sp³-hybridized carbons (Fsp3) is 0.500. The van der Waals surface area contributed by atoms with Crippen molar-refractivity contribution in [1.82, 2.24) is 4.90 Å². The molecule has 1 aromatic carbocycles. The van der Waals surface area contributed by atoms with E-state index in [-0.39, 0.29) is 5.91 Å². The van der Waals surface area contributed by atoms with Crippen LogP contribution in [-0.2, 0) is 11.3 Å². The molecule has 0 aliphatic carbocycles. The Hall–Kier alpha value is -1.02. The van der Waals surface area contributed by atoms with Crippen LogP contribution in [-0.4, -0.2) is 22.7 Å². The third kappa shape index (κ3) is 4.78. The second-order valence-corrected chi connectivity index (χ2v) is 4.87. The van der Waals surface area contributed by atoms with Gasteiger partial charge in [0.1, 0.15) is 5.38 Å². The first-order valence-corrected chi connectivity index (χ1v) is 6.55. The lowest BCUT2D eigenvalue weighted by Crippen LogP contribution is -2.36. The van der Waals surface area contributed by atoms with E-state index in [1.165, 1.54) is 0 Å². The van der Waals surface area contributed by atoms with Crippen molar-refractivity contribution in [3.8, 4) is 0 Å². The van der Waals surface area contributed by atoms with Crippen LogP contribution in [0, 0.1) is 0 Å². The number of hydrogen-bond donors (Lipinski definition) is 0. The van der Waals surface area contributed by atoms with E-state index < -0.39 is 5.38 Å². The van der Waals surface area contributed by atoms with Crippen LogP contribution >= 0.6 is 11.6 Å². The van der Waals surface area contributed by atoms with Crippen molar-refractivity contribution in [3.05, 3.63) is 35.9 Å². The molecule has 0 bridgehead atoms. The normalized spacial score (nSPS) is 12.2. The first-order chi connectivity index (χ1) is 8.15. The maximum atomic E-state index is 11.9. The van der Waals surface area contributed by atoms with Crippen molar-refractivity contribution in [2.75, 3.05) is 6.54 Å². The number of hydrogen-bond acceptors (Lipinski definition) is 1. The Labute approximate surface area is 109 Å². The minimum atomic E-state index is -0.449. The highest BCUT2D eigenvalue weighted by Crippen LogP contribution is 2.10. The lowest BCUT2D eigenvalue weighted by atomic mass is 10.2. The Morgan fingerprint density at radius 2 is 2.00 bits per heavy atom. The molecule has 1 unspecified atom stereocenters. The second-order valence-electron chi connectivity index (χ2n) is 4.21. The van der Waals surface area contributed by atoms with Gasteiger partial charge in [0.2, 0.25) is 5.91 Å². The van der Waals surface area contributed by atoms with Gasteiger partial charge in [-0.2, -0.15) is 0 Å². The molecule has 1 aromatic rings. The average molecular weight is 254 g/mol. The molecule has 1 amide bonds. The average Bonchev–Trinajstić information content (AvgIpc) is 2.34. The summed E-state index contributed by atoms with van der Waals surface area (Å²) in [7, 11) is 0. The minimum Gasteiger partial charge on any atom is -0.337 e. The number of alkyl halides is 1. The number of carbonyl (C=O) groups excluding carboxylic acids is 1. The Bertz CT molecular complexity index is 337. The predicted molar refractivity (Wildman–Crippen MR) is 72.1 cm³/mol. The smallest absolute Gasteiger partial charge is 0.240 e. The Kier molecular flexibility index (Phi) is 6.06. The molecule has 1 atom stereocenters. The lowest BCUT2D eigenvalue weighted by molar-refractivity contribution is -0.131. The predicted octanol–water partition coefficient (Wildman–Crippen LogP) is 3.44. The van der Waals surface area contributed by atoms with E-state index in [0.29, 0.717) is 6.54 Å². The standard InChI is InChI=1S/C14H20ClNO/c1-3-4-10-16(14(17)12(2)15)11-13-8-6-5-7-9-13/h5-9,12H,3-4,10-11H2,1-2H3. The van der Waals surface area contributed by atoms with E-state index in [4.69, 9.17) is 11.6 Å². The van der Waals surface area contributed by atoms with Crippen molar-refractivity contribution in [2.45, 2.75) is 38.6 Å². The summed E-state index contributed by atoms with van der Waals surface area (Å²) in [5.41, 5.74) is 1.15. The molecule has 0 aliphatic rings. The van der Waals surface area contributed by atoms with E-state index in [1.807, 2.05) is 35.2 Å². The Morgan fingerprint density at radius 1 is 1.35 bits per heavy atom. The largest absolute Gasteiger partial charge is 0.337 e. The molecule has 0 N–H and O–H groups in total. The number of unbranched alkanes of at least 4 members (excludes halogenated alkanes) is 1. The summed E-state index contributed by atoms with van der Waals surface area (Å²) in [5, 5.41) is -0.449. The molecule has 0 spiro atoms. The molecule has 17 heavy (non-hydrogen) atoms. The van der Waals surface area contributed by atoms with Crippen LogP contribution in [0.4, 0.5) is 0 Å². The molecule has 0 aliphatic heterocycles.